The number of hydrogen-bond donors (Lipinski definition) is 0. The van der Waals surface area contributed by atoms with Gasteiger partial charge in [0.1, 0.15) is 11.1 Å². The predicted octanol–water partition coefficient (Wildman–Crippen LogP) is 2.04. The van der Waals surface area contributed by atoms with E-state index in [-0.39, 0.29) is 12.5 Å². The lowest BCUT2D eigenvalue weighted by Gasteiger charge is -2.23. The Morgan fingerprint density at radius 1 is 1.12 bits per heavy atom. The van der Waals surface area contributed by atoms with E-state index in [1.807, 2.05) is 18.2 Å². The van der Waals surface area contributed by atoms with Gasteiger partial charge >= 0.3 is 0 Å². The maximum atomic E-state index is 12.4. The van der Waals surface area contributed by atoms with E-state index in [2.05, 4.69) is 21.9 Å². The summed E-state index contributed by atoms with van der Waals surface area (Å²) in [7, 11) is 0. The van der Waals surface area contributed by atoms with Crippen LogP contribution in [-0.2, 0) is 4.79 Å². The van der Waals surface area contributed by atoms with Gasteiger partial charge in [0, 0.05) is 0 Å². The molecule has 3 heterocycles. The Labute approximate surface area is 140 Å². The number of aromatic nitrogens is 1. The van der Waals surface area contributed by atoms with Crippen LogP contribution in [0, 0.1) is 11.8 Å². The van der Waals surface area contributed by atoms with Gasteiger partial charge in [0.05, 0.1) is 13.1 Å². The molecule has 0 unspecified atom stereocenters. The molecule has 124 valence electrons. The number of amides is 1. The zero-order valence-electron chi connectivity index (χ0n) is 13.5. The smallest absolute Gasteiger partial charge is 0.267 e. The molecule has 1 aromatic heterocycles. The summed E-state index contributed by atoms with van der Waals surface area (Å²) in [6, 6.07) is 5.46. The Morgan fingerprint density at radius 3 is 2.83 bits per heavy atom. The topological polar surface area (TPSA) is 58.8 Å². The summed E-state index contributed by atoms with van der Waals surface area (Å²) >= 11 is 0. The predicted molar refractivity (Wildman–Crippen MR) is 89.9 cm³/mol. The Morgan fingerprint density at radius 2 is 1.96 bits per heavy atom. The molecule has 0 saturated carbocycles. The minimum Gasteiger partial charge on any atom is -0.483 e. The van der Waals surface area contributed by atoms with Crippen LogP contribution in [-0.4, -0.2) is 48.7 Å². The number of hydrogen-bond acceptors (Lipinski definition) is 5. The minimum absolute atomic E-state index is 0.0106. The fraction of sp³-hybridized carbons (Fsp3) is 0.444. The van der Waals surface area contributed by atoms with E-state index >= 15 is 0 Å². The number of nitrogens with zero attached hydrogens (tertiary/aromatic N) is 3. The van der Waals surface area contributed by atoms with Crippen molar-refractivity contribution in [1.29, 1.82) is 0 Å². The molecular formula is C18H19N3O3. The van der Waals surface area contributed by atoms with Crippen molar-refractivity contribution in [2.45, 2.75) is 19.3 Å². The lowest BCUT2D eigenvalue weighted by atomic mass is 10.1. The fourth-order valence-corrected chi connectivity index (χ4v) is 3.17. The Bertz CT molecular complexity index is 812. The summed E-state index contributed by atoms with van der Waals surface area (Å²) < 4.78 is 10.9. The zero-order chi connectivity index (χ0) is 16.4. The van der Waals surface area contributed by atoms with Gasteiger partial charge in [0.25, 0.3) is 5.91 Å². The van der Waals surface area contributed by atoms with Crippen LogP contribution in [0.3, 0.4) is 0 Å². The highest BCUT2D eigenvalue weighted by Gasteiger charge is 2.27. The molecular weight excluding hydrogens is 306 g/mol. The average Bonchev–Trinajstić information content (AvgIpc) is 2.99. The van der Waals surface area contributed by atoms with E-state index in [1.165, 1.54) is 19.3 Å². The zero-order valence-corrected chi connectivity index (χ0v) is 13.5. The van der Waals surface area contributed by atoms with Crippen LogP contribution in [0.4, 0.5) is 5.82 Å². The maximum Gasteiger partial charge on any atom is 0.267 e. The number of ether oxygens (including phenoxy) is 1. The van der Waals surface area contributed by atoms with Gasteiger partial charge in [-0.3, -0.25) is 14.6 Å². The van der Waals surface area contributed by atoms with Crippen molar-refractivity contribution < 1.29 is 14.1 Å². The molecule has 0 aliphatic carbocycles. The highest BCUT2D eigenvalue weighted by atomic mass is 16.5. The monoisotopic (exact) mass is 325 g/mol. The summed E-state index contributed by atoms with van der Waals surface area (Å²) in [5.74, 6) is 7.24. The second-order valence-electron chi connectivity index (χ2n) is 6.09. The van der Waals surface area contributed by atoms with E-state index < -0.39 is 0 Å². The van der Waals surface area contributed by atoms with Gasteiger partial charge < -0.3 is 9.26 Å². The SMILES string of the molecule is O=C1COc2cccc3onc(c23)N1CC#CCN1CCCCC1. The van der Waals surface area contributed by atoms with Crippen molar-refractivity contribution in [2.75, 3.05) is 37.7 Å². The molecule has 1 fully saturated rings. The van der Waals surface area contributed by atoms with Crippen LogP contribution in [0.2, 0.25) is 0 Å². The Hall–Kier alpha value is -2.52. The third-order valence-electron chi connectivity index (χ3n) is 4.46. The summed E-state index contributed by atoms with van der Waals surface area (Å²) in [6.07, 6.45) is 3.81. The molecule has 1 aromatic carbocycles. The largest absolute Gasteiger partial charge is 0.483 e. The molecule has 1 saturated heterocycles. The quantitative estimate of drug-likeness (QED) is 0.791. The molecule has 0 bridgehead atoms. The van der Waals surface area contributed by atoms with Crippen LogP contribution >= 0.6 is 0 Å². The van der Waals surface area contributed by atoms with Gasteiger partial charge in [0.2, 0.25) is 0 Å². The van der Waals surface area contributed by atoms with Crippen molar-refractivity contribution in [3.8, 4) is 17.6 Å². The molecule has 6 heteroatoms. The van der Waals surface area contributed by atoms with Gasteiger partial charge in [-0.05, 0) is 38.1 Å². The van der Waals surface area contributed by atoms with Crippen LogP contribution in [0.1, 0.15) is 19.3 Å². The van der Waals surface area contributed by atoms with Gasteiger partial charge in [0.15, 0.2) is 18.0 Å². The van der Waals surface area contributed by atoms with Gasteiger partial charge in [-0.15, -0.1) is 0 Å². The number of anilines is 1. The maximum absolute atomic E-state index is 12.4. The first kappa shape index (κ1) is 15.0. The fourth-order valence-electron chi connectivity index (χ4n) is 3.17. The average molecular weight is 325 g/mol. The van der Waals surface area contributed by atoms with Crippen molar-refractivity contribution in [1.82, 2.24) is 10.1 Å². The minimum atomic E-state index is -0.159. The van der Waals surface area contributed by atoms with Crippen molar-refractivity contribution >= 4 is 22.7 Å². The van der Waals surface area contributed by atoms with Crippen molar-refractivity contribution in [3.05, 3.63) is 18.2 Å². The second kappa shape index (κ2) is 6.54. The molecule has 0 atom stereocenters. The molecule has 4 rings (SSSR count). The van der Waals surface area contributed by atoms with E-state index in [0.717, 1.165) is 25.0 Å². The molecule has 2 aliphatic heterocycles. The number of rotatable bonds is 2. The van der Waals surface area contributed by atoms with E-state index in [0.29, 0.717) is 23.7 Å². The van der Waals surface area contributed by atoms with E-state index in [9.17, 15) is 4.79 Å². The third-order valence-corrected chi connectivity index (χ3v) is 4.46. The molecule has 1 amide bonds. The highest BCUT2D eigenvalue weighted by Crippen LogP contribution is 2.35. The van der Waals surface area contributed by atoms with Crippen LogP contribution in [0.5, 0.6) is 5.75 Å². The molecule has 2 aromatic rings. The molecule has 2 aliphatic rings. The van der Waals surface area contributed by atoms with Crippen LogP contribution in [0.25, 0.3) is 11.0 Å². The molecule has 6 nitrogen and oxygen atoms in total. The lowest BCUT2D eigenvalue weighted by Crippen LogP contribution is -2.34. The first-order chi connectivity index (χ1) is 11.8. The number of piperidine rings is 1. The number of carbonyl (C=O) groups excluding carboxylic acids is 1. The summed E-state index contributed by atoms with van der Waals surface area (Å²) in [4.78, 5) is 16.3. The molecule has 0 spiro atoms. The van der Waals surface area contributed by atoms with Crippen LogP contribution in [0.15, 0.2) is 22.7 Å². The van der Waals surface area contributed by atoms with E-state index in [1.54, 1.807) is 4.90 Å². The third kappa shape index (κ3) is 2.83. The van der Waals surface area contributed by atoms with E-state index in [4.69, 9.17) is 9.26 Å². The number of benzene rings is 1. The second-order valence-corrected chi connectivity index (χ2v) is 6.09. The number of likely N-dealkylation sites (tertiary alicyclic amines) is 1. The summed E-state index contributed by atoms with van der Waals surface area (Å²) in [5, 5.41) is 4.80. The normalized spacial score (nSPS) is 18.0. The summed E-state index contributed by atoms with van der Waals surface area (Å²) in [5.41, 5.74) is 0.614. The number of carbonyl (C=O) groups is 1. The van der Waals surface area contributed by atoms with Crippen molar-refractivity contribution in [3.63, 3.8) is 0 Å². The lowest BCUT2D eigenvalue weighted by molar-refractivity contribution is -0.120. The van der Waals surface area contributed by atoms with Crippen molar-refractivity contribution in [2.24, 2.45) is 0 Å². The van der Waals surface area contributed by atoms with Gasteiger partial charge in [-0.1, -0.05) is 29.5 Å². The van der Waals surface area contributed by atoms with Gasteiger partial charge in [-0.2, -0.15) is 0 Å². The Balaban J connectivity index is 1.52. The Kier molecular flexibility index (Phi) is 4.09. The van der Waals surface area contributed by atoms with Crippen LogP contribution < -0.4 is 9.64 Å². The standard InChI is InChI=1S/C18H19N3O3/c22-16-13-23-14-7-6-8-15-17(14)18(19-24-15)21(16)12-5-4-11-20-9-2-1-3-10-20/h6-8H,1-3,9-13H2. The molecule has 24 heavy (non-hydrogen) atoms. The van der Waals surface area contributed by atoms with Gasteiger partial charge in [-0.25, -0.2) is 0 Å². The molecule has 0 radical (unpaired) electrons. The molecule has 0 N–H and O–H groups in total. The highest BCUT2D eigenvalue weighted by molar-refractivity contribution is 6.05. The first-order valence-electron chi connectivity index (χ1n) is 8.32. The summed E-state index contributed by atoms with van der Waals surface area (Å²) in [6.45, 7) is 3.27. The first-order valence-corrected chi connectivity index (χ1v) is 8.32.